The minimum atomic E-state index is -0.940. The van der Waals surface area contributed by atoms with Gasteiger partial charge in [0.1, 0.15) is 6.04 Å². The van der Waals surface area contributed by atoms with Crippen molar-refractivity contribution < 1.29 is 23.9 Å². The van der Waals surface area contributed by atoms with Crippen LogP contribution in [0.3, 0.4) is 0 Å². The Morgan fingerprint density at radius 3 is 2.47 bits per heavy atom. The van der Waals surface area contributed by atoms with Gasteiger partial charge >= 0.3 is 12.0 Å². The van der Waals surface area contributed by atoms with Crippen molar-refractivity contribution in [3.63, 3.8) is 0 Å². The van der Waals surface area contributed by atoms with Crippen LogP contribution in [-0.2, 0) is 20.9 Å². The van der Waals surface area contributed by atoms with Gasteiger partial charge in [-0.25, -0.2) is 14.5 Å². The Kier molecular flexibility index (Phi) is 6.74. The van der Waals surface area contributed by atoms with Crippen molar-refractivity contribution in [2.24, 2.45) is 0 Å². The quantitative estimate of drug-likeness (QED) is 0.406. The molecule has 174 valence electrons. The fourth-order valence-electron chi connectivity index (χ4n) is 3.78. The van der Waals surface area contributed by atoms with Crippen LogP contribution in [0.15, 0.2) is 66.0 Å². The predicted molar refractivity (Wildman–Crippen MR) is 129 cm³/mol. The number of methoxy groups -OCH3 is 1. The number of esters is 1. The third-order valence-corrected chi connectivity index (χ3v) is 6.31. The zero-order valence-corrected chi connectivity index (χ0v) is 19.5. The summed E-state index contributed by atoms with van der Waals surface area (Å²) in [6.07, 6.45) is -0.197. The molecule has 1 N–H and O–H groups in total. The first-order valence-electron chi connectivity index (χ1n) is 10.6. The molecule has 2 aromatic carbocycles. The van der Waals surface area contributed by atoms with E-state index in [9.17, 15) is 19.2 Å². The fourth-order valence-corrected chi connectivity index (χ4v) is 4.49. The Bertz CT molecular complexity index is 1220. The lowest BCUT2D eigenvalue weighted by Crippen LogP contribution is -2.37. The fraction of sp³-hybridized carbons (Fsp3) is 0.200. The normalized spacial score (nSPS) is 15.5. The van der Waals surface area contributed by atoms with Crippen molar-refractivity contribution in [2.45, 2.75) is 25.9 Å². The zero-order chi connectivity index (χ0) is 24.2. The van der Waals surface area contributed by atoms with Gasteiger partial charge in [-0.3, -0.25) is 9.59 Å². The summed E-state index contributed by atoms with van der Waals surface area (Å²) in [6.45, 7) is 2.12. The summed E-state index contributed by atoms with van der Waals surface area (Å²) in [7, 11) is 1.29. The summed E-state index contributed by atoms with van der Waals surface area (Å²) in [4.78, 5) is 54.6. The molecule has 8 nitrogen and oxygen atoms in total. The van der Waals surface area contributed by atoms with Gasteiger partial charge in [0.25, 0.3) is 5.91 Å². The Morgan fingerprint density at radius 1 is 1.06 bits per heavy atom. The summed E-state index contributed by atoms with van der Waals surface area (Å²) >= 11 is 1.48. The summed E-state index contributed by atoms with van der Waals surface area (Å²) in [6, 6.07) is 15.7. The largest absolute Gasteiger partial charge is 0.465 e. The molecule has 3 aromatic rings. The highest BCUT2D eigenvalue weighted by Gasteiger charge is 2.46. The number of ether oxygens (including phenoxy) is 1. The van der Waals surface area contributed by atoms with Crippen molar-refractivity contribution in [3.8, 4) is 0 Å². The Labute approximate surface area is 200 Å². The number of amides is 4. The van der Waals surface area contributed by atoms with Gasteiger partial charge in [-0.05, 0) is 60.3 Å². The third-order valence-electron chi connectivity index (χ3n) is 5.45. The Morgan fingerprint density at radius 2 is 1.82 bits per heavy atom. The second-order valence-corrected chi connectivity index (χ2v) is 8.87. The molecule has 0 saturated carbocycles. The summed E-state index contributed by atoms with van der Waals surface area (Å²) in [5, 5.41) is 4.63. The molecule has 9 heteroatoms. The van der Waals surface area contributed by atoms with Gasteiger partial charge < -0.3 is 15.0 Å². The van der Waals surface area contributed by atoms with E-state index in [1.165, 1.54) is 35.5 Å². The van der Waals surface area contributed by atoms with Crippen LogP contribution >= 0.6 is 11.3 Å². The maximum absolute atomic E-state index is 13.3. The van der Waals surface area contributed by atoms with Crippen molar-refractivity contribution in [3.05, 3.63) is 82.0 Å². The highest BCUT2D eigenvalue weighted by Crippen LogP contribution is 2.30. The molecule has 1 aromatic heterocycles. The highest BCUT2D eigenvalue weighted by molar-refractivity contribution is 7.09. The van der Waals surface area contributed by atoms with Crippen LogP contribution in [0, 0.1) is 6.92 Å². The van der Waals surface area contributed by atoms with E-state index in [0.717, 1.165) is 15.3 Å². The Balaban J connectivity index is 1.54. The SMILES string of the molecule is COC(=O)c1ccc(NC(=O)C[C@H]2C(=O)N(c3cccc(C)c3)C(=O)N2Cc2cccs2)cc1. The molecule has 1 saturated heterocycles. The van der Waals surface area contributed by atoms with E-state index in [-0.39, 0.29) is 13.0 Å². The monoisotopic (exact) mass is 477 g/mol. The second kappa shape index (κ2) is 9.88. The lowest BCUT2D eigenvalue weighted by atomic mass is 10.1. The van der Waals surface area contributed by atoms with Crippen LogP contribution in [0.5, 0.6) is 0 Å². The number of hydrogen-bond acceptors (Lipinski definition) is 6. The van der Waals surface area contributed by atoms with Crippen molar-refractivity contribution in [2.75, 3.05) is 17.3 Å². The molecule has 0 radical (unpaired) electrons. The number of aryl methyl sites for hydroxylation is 1. The van der Waals surface area contributed by atoms with E-state index in [1.807, 2.05) is 30.5 Å². The maximum atomic E-state index is 13.3. The van der Waals surface area contributed by atoms with Crippen LogP contribution in [0.25, 0.3) is 0 Å². The predicted octanol–water partition coefficient (Wildman–Crippen LogP) is 4.21. The minimum Gasteiger partial charge on any atom is -0.465 e. The first-order chi connectivity index (χ1) is 16.4. The van der Waals surface area contributed by atoms with Crippen LogP contribution in [0.1, 0.15) is 27.2 Å². The van der Waals surface area contributed by atoms with Gasteiger partial charge in [0.05, 0.1) is 31.3 Å². The number of thiophene rings is 1. The van der Waals surface area contributed by atoms with Crippen LogP contribution in [0.2, 0.25) is 0 Å². The number of hydrogen-bond donors (Lipinski definition) is 1. The summed E-state index contributed by atoms with van der Waals surface area (Å²) < 4.78 is 4.67. The number of benzene rings is 2. The molecule has 4 rings (SSSR count). The molecule has 1 aliphatic rings. The van der Waals surface area contributed by atoms with Gasteiger partial charge in [0.15, 0.2) is 0 Å². The lowest BCUT2D eigenvalue weighted by molar-refractivity contribution is -0.124. The number of nitrogens with zero attached hydrogens (tertiary/aromatic N) is 2. The smallest absolute Gasteiger partial charge is 0.337 e. The topological polar surface area (TPSA) is 96.0 Å². The van der Waals surface area contributed by atoms with Gasteiger partial charge in [-0.1, -0.05) is 18.2 Å². The molecular formula is C25H23N3O5S. The van der Waals surface area contributed by atoms with Gasteiger partial charge in [0, 0.05) is 10.6 Å². The summed E-state index contributed by atoms with van der Waals surface area (Å²) in [5.41, 5.74) is 2.22. The minimum absolute atomic E-state index is 0.197. The van der Waals surface area contributed by atoms with Crippen LogP contribution in [0.4, 0.5) is 16.2 Å². The van der Waals surface area contributed by atoms with E-state index in [1.54, 1.807) is 30.3 Å². The molecule has 0 aliphatic carbocycles. The van der Waals surface area contributed by atoms with Gasteiger partial charge in [0.2, 0.25) is 5.91 Å². The maximum Gasteiger partial charge on any atom is 0.337 e. The van der Waals surface area contributed by atoms with Gasteiger partial charge in [-0.2, -0.15) is 0 Å². The number of nitrogens with one attached hydrogen (secondary N) is 1. The van der Waals surface area contributed by atoms with Crippen LogP contribution in [-0.4, -0.2) is 41.9 Å². The Hall–Kier alpha value is -3.98. The molecule has 1 fully saturated rings. The van der Waals surface area contributed by atoms with E-state index >= 15 is 0 Å². The number of urea groups is 1. The van der Waals surface area contributed by atoms with E-state index in [4.69, 9.17) is 0 Å². The molecule has 4 amide bonds. The molecule has 34 heavy (non-hydrogen) atoms. The second-order valence-electron chi connectivity index (χ2n) is 7.84. The molecule has 1 aliphatic heterocycles. The highest BCUT2D eigenvalue weighted by atomic mass is 32.1. The van der Waals surface area contributed by atoms with Crippen molar-refractivity contribution in [1.29, 1.82) is 0 Å². The average molecular weight is 478 g/mol. The molecular weight excluding hydrogens is 454 g/mol. The zero-order valence-electron chi connectivity index (χ0n) is 18.7. The van der Waals surface area contributed by atoms with Crippen molar-refractivity contribution in [1.82, 2.24) is 4.90 Å². The number of carbonyl (C=O) groups excluding carboxylic acids is 4. The molecule has 0 unspecified atom stereocenters. The van der Waals surface area contributed by atoms with E-state index in [2.05, 4.69) is 10.1 Å². The first kappa shape index (κ1) is 23.2. The van der Waals surface area contributed by atoms with Crippen molar-refractivity contribution >= 4 is 46.5 Å². The molecule has 0 bridgehead atoms. The van der Waals surface area contributed by atoms with E-state index in [0.29, 0.717) is 16.9 Å². The van der Waals surface area contributed by atoms with Gasteiger partial charge in [-0.15, -0.1) is 11.3 Å². The standard InChI is InChI=1S/C25H23N3O5S/c1-16-5-3-6-19(13-16)28-23(30)21(27(25(28)32)15-20-7-4-12-34-20)14-22(29)26-18-10-8-17(9-11-18)24(31)33-2/h3-13,21H,14-15H2,1-2H3,(H,26,29)/t21-/m0/s1. The van der Waals surface area contributed by atoms with E-state index < -0.39 is 29.9 Å². The van der Waals surface area contributed by atoms with Crippen LogP contribution < -0.4 is 10.2 Å². The summed E-state index contributed by atoms with van der Waals surface area (Å²) in [5.74, 6) is -1.34. The number of rotatable bonds is 7. The first-order valence-corrected chi connectivity index (χ1v) is 11.5. The molecule has 0 spiro atoms. The third kappa shape index (κ3) is 4.84. The number of imide groups is 1. The average Bonchev–Trinajstić information content (AvgIpc) is 3.41. The number of carbonyl (C=O) groups is 4. The number of anilines is 2. The lowest BCUT2D eigenvalue weighted by Gasteiger charge is -2.21. The molecule has 1 atom stereocenters. The molecule has 2 heterocycles.